The van der Waals surface area contributed by atoms with Crippen LogP contribution in [0.25, 0.3) is 0 Å². The summed E-state index contributed by atoms with van der Waals surface area (Å²) in [5, 5.41) is 3.80. The largest absolute Gasteiger partial charge is 0.336 e. The van der Waals surface area contributed by atoms with E-state index >= 15 is 0 Å². The molecule has 2 aromatic rings. The second-order valence-electron chi connectivity index (χ2n) is 8.18. The van der Waals surface area contributed by atoms with Gasteiger partial charge in [-0.15, -0.1) is 11.3 Å². The number of piperazine rings is 1. The first-order chi connectivity index (χ1) is 14.0. The summed E-state index contributed by atoms with van der Waals surface area (Å²) in [4.78, 5) is 31.8. The van der Waals surface area contributed by atoms with Crippen LogP contribution in [-0.4, -0.2) is 54.8 Å². The van der Waals surface area contributed by atoms with Crippen molar-refractivity contribution in [1.29, 1.82) is 0 Å². The van der Waals surface area contributed by atoms with Crippen molar-refractivity contribution in [3.8, 4) is 0 Å². The standard InChI is InChI=1S/C23H29N3O2S/c1-16-8-10-17(11-9-16)21(27)24-22-20(18-6-4-3-5-7-19(18)29-22)23(28)26-14-12-25(2)13-15-26/h8-11H,3-7,12-15H2,1-2H3,(H,24,27). The molecule has 1 saturated heterocycles. The van der Waals surface area contributed by atoms with Crippen molar-refractivity contribution in [1.82, 2.24) is 9.80 Å². The van der Waals surface area contributed by atoms with Crippen LogP contribution < -0.4 is 5.32 Å². The molecule has 0 atom stereocenters. The molecular weight excluding hydrogens is 382 g/mol. The number of carbonyl (C=O) groups is 2. The molecule has 0 spiro atoms. The van der Waals surface area contributed by atoms with Crippen molar-refractivity contribution < 1.29 is 9.59 Å². The van der Waals surface area contributed by atoms with Gasteiger partial charge >= 0.3 is 0 Å². The van der Waals surface area contributed by atoms with Gasteiger partial charge in [0.25, 0.3) is 11.8 Å². The summed E-state index contributed by atoms with van der Waals surface area (Å²) >= 11 is 1.60. The van der Waals surface area contributed by atoms with Crippen LogP contribution in [0.4, 0.5) is 5.00 Å². The predicted octanol–water partition coefficient (Wildman–Crippen LogP) is 3.97. The van der Waals surface area contributed by atoms with E-state index in [-0.39, 0.29) is 11.8 Å². The first kappa shape index (κ1) is 20.1. The van der Waals surface area contributed by atoms with Crippen molar-refractivity contribution in [3.05, 3.63) is 51.4 Å². The number of carbonyl (C=O) groups excluding carboxylic acids is 2. The lowest BCUT2D eigenvalue weighted by Gasteiger charge is -2.32. The zero-order valence-electron chi connectivity index (χ0n) is 17.3. The second-order valence-corrected chi connectivity index (χ2v) is 9.29. The summed E-state index contributed by atoms with van der Waals surface area (Å²) in [5.74, 6) is -0.0643. The molecule has 0 unspecified atom stereocenters. The van der Waals surface area contributed by atoms with Crippen molar-refractivity contribution in [2.75, 3.05) is 38.5 Å². The highest BCUT2D eigenvalue weighted by Gasteiger charge is 2.30. The van der Waals surface area contributed by atoms with Gasteiger partial charge in [-0.1, -0.05) is 24.1 Å². The van der Waals surface area contributed by atoms with E-state index in [1.54, 1.807) is 11.3 Å². The lowest BCUT2D eigenvalue weighted by Crippen LogP contribution is -2.47. The number of rotatable bonds is 3. The molecule has 2 amide bonds. The van der Waals surface area contributed by atoms with E-state index in [1.807, 2.05) is 36.1 Å². The Hall–Kier alpha value is -2.18. The van der Waals surface area contributed by atoms with Crippen molar-refractivity contribution in [3.63, 3.8) is 0 Å². The minimum absolute atomic E-state index is 0.0803. The lowest BCUT2D eigenvalue weighted by atomic mass is 10.0. The Bertz CT molecular complexity index is 896. The van der Waals surface area contributed by atoms with E-state index in [1.165, 1.54) is 16.9 Å². The fourth-order valence-electron chi connectivity index (χ4n) is 4.10. The molecule has 154 valence electrons. The maximum Gasteiger partial charge on any atom is 0.257 e. The summed E-state index contributed by atoms with van der Waals surface area (Å²) in [6, 6.07) is 7.56. The van der Waals surface area contributed by atoms with E-state index in [4.69, 9.17) is 0 Å². The number of nitrogens with zero attached hydrogens (tertiary/aromatic N) is 2. The Labute approximate surface area is 176 Å². The molecule has 6 heteroatoms. The van der Waals surface area contributed by atoms with E-state index in [9.17, 15) is 9.59 Å². The molecule has 0 saturated carbocycles. The van der Waals surface area contributed by atoms with E-state index in [0.717, 1.165) is 68.0 Å². The molecule has 4 rings (SSSR count). The first-order valence-corrected chi connectivity index (χ1v) is 11.3. The zero-order chi connectivity index (χ0) is 20.4. The summed E-state index contributed by atoms with van der Waals surface area (Å²) in [6.45, 7) is 5.27. The normalized spacial score (nSPS) is 17.5. The van der Waals surface area contributed by atoms with Gasteiger partial charge in [0.1, 0.15) is 5.00 Å². The van der Waals surface area contributed by atoms with E-state index < -0.39 is 0 Å². The summed E-state index contributed by atoms with van der Waals surface area (Å²) in [6.07, 6.45) is 5.40. The van der Waals surface area contributed by atoms with Crippen molar-refractivity contribution in [2.45, 2.75) is 39.0 Å². The second kappa shape index (κ2) is 8.67. The van der Waals surface area contributed by atoms with Crippen LogP contribution in [0.1, 0.15) is 56.0 Å². The third-order valence-corrected chi connectivity index (χ3v) is 7.17. The Morgan fingerprint density at radius 2 is 1.66 bits per heavy atom. The van der Waals surface area contributed by atoms with Crippen LogP contribution in [0.2, 0.25) is 0 Å². The van der Waals surface area contributed by atoms with Crippen LogP contribution in [-0.2, 0) is 12.8 Å². The van der Waals surface area contributed by atoms with Gasteiger partial charge in [0, 0.05) is 36.6 Å². The monoisotopic (exact) mass is 411 g/mol. The van der Waals surface area contributed by atoms with Crippen LogP contribution in [0.15, 0.2) is 24.3 Å². The highest BCUT2D eigenvalue weighted by atomic mass is 32.1. The van der Waals surface area contributed by atoms with Crippen LogP contribution in [0.3, 0.4) is 0 Å². The van der Waals surface area contributed by atoms with Crippen molar-refractivity contribution >= 4 is 28.2 Å². The number of anilines is 1. The summed E-state index contributed by atoms with van der Waals surface area (Å²) < 4.78 is 0. The van der Waals surface area contributed by atoms with Gasteiger partial charge in [-0.25, -0.2) is 0 Å². The molecule has 1 aromatic carbocycles. The number of aryl methyl sites for hydroxylation is 2. The number of likely N-dealkylation sites (N-methyl/N-ethyl adjacent to an activating group) is 1. The molecule has 1 N–H and O–H groups in total. The van der Waals surface area contributed by atoms with E-state index in [2.05, 4.69) is 17.3 Å². The number of hydrogen-bond acceptors (Lipinski definition) is 4. The van der Waals surface area contributed by atoms with Gasteiger partial charge in [0.15, 0.2) is 0 Å². The molecule has 1 aliphatic carbocycles. The molecular formula is C23H29N3O2S. The van der Waals surface area contributed by atoms with Gasteiger partial charge < -0.3 is 15.1 Å². The summed E-state index contributed by atoms with van der Waals surface area (Å²) in [7, 11) is 2.09. The average Bonchev–Trinajstić information content (AvgIpc) is 2.89. The minimum atomic E-state index is -0.145. The number of benzene rings is 1. The number of thiophene rings is 1. The number of amides is 2. The zero-order valence-corrected chi connectivity index (χ0v) is 18.1. The molecule has 5 nitrogen and oxygen atoms in total. The van der Waals surface area contributed by atoms with Gasteiger partial charge in [-0.3, -0.25) is 9.59 Å². The van der Waals surface area contributed by atoms with Crippen LogP contribution in [0, 0.1) is 6.92 Å². The predicted molar refractivity (Wildman–Crippen MR) is 118 cm³/mol. The third kappa shape index (κ3) is 4.38. The molecule has 2 heterocycles. The topological polar surface area (TPSA) is 52.7 Å². The molecule has 1 aliphatic heterocycles. The molecule has 29 heavy (non-hydrogen) atoms. The van der Waals surface area contributed by atoms with E-state index in [0.29, 0.717) is 5.56 Å². The number of hydrogen-bond donors (Lipinski definition) is 1. The van der Waals surface area contributed by atoms with Crippen LogP contribution >= 0.6 is 11.3 Å². The molecule has 1 fully saturated rings. The minimum Gasteiger partial charge on any atom is -0.336 e. The fraction of sp³-hybridized carbons (Fsp3) is 0.478. The Morgan fingerprint density at radius 1 is 0.966 bits per heavy atom. The highest BCUT2D eigenvalue weighted by molar-refractivity contribution is 7.17. The Balaban J connectivity index is 1.65. The molecule has 0 radical (unpaired) electrons. The molecule has 1 aromatic heterocycles. The summed E-state index contributed by atoms with van der Waals surface area (Å²) in [5.41, 5.74) is 3.67. The average molecular weight is 412 g/mol. The van der Waals surface area contributed by atoms with Gasteiger partial charge in [0.2, 0.25) is 0 Å². The Morgan fingerprint density at radius 3 is 2.38 bits per heavy atom. The van der Waals surface area contributed by atoms with Gasteiger partial charge in [-0.2, -0.15) is 0 Å². The number of fused-ring (bicyclic) bond motifs is 1. The maximum atomic E-state index is 13.5. The highest BCUT2D eigenvalue weighted by Crippen LogP contribution is 2.38. The third-order valence-electron chi connectivity index (χ3n) is 5.97. The molecule has 2 aliphatic rings. The maximum absolute atomic E-state index is 13.5. The lowest BCUT2D eigenvalue weighted by molar-refractivity contribution is 0.0664. The number of nitrogens with one attached hydrogen (secondary N) is 1. The SMILES string of the molecule is Cc1ccc(C(=O)Nc2sc3c(c2C(=O)N2CCN(C)CC2)CCCCC3)cc1. The fourth-order valence-corrected chi connectivity index (χ4v) is 5.38. The Kier molecular flexibility index (Phi) is 6.01. The first-order valence-electron chi connectivity index (χ1n) is 10.5. The van der Waals surface area contributed by atoms with Gasteiger partial charge in [0.05, 0.1) is 5.56 Å². The van der Waals surface area contributed by atoms with Gasteiger partial charge in [-0.05, 0) is 57.4 Å². The van der Waals surface area contributed by atoms with Crippen molar-refractivity contribution in [2.24, 2.45) is 0 Å². The smallest absolute Gasteiger partial charge is 0.257 e. The van der Waals surface area contributed by atoms with Crippen LogP contribution in [0.5, 0.6) is 0 Å². The molecule has 0 bridgehead atoms. The quantitative estimate of drug-likeness (QED) is 0.778.